The van der Waals surface area contributed by atoms with E-state index in [4.69, 9.17) is 11.6 Å². The highest BCUT2D eigenvalue weighted by Gasteiger charge is 2.23. The van der Waals surface area contributed by atoms with E-state index in [-0.39, 0.29) is 11.3 Å². The molecule has 1 heterocycles. The molecule has 0 saturated carbocycles. The van der Waals surface area contributed by atoms with E-state index < -0.39 is 0 Å². The van der Waals surface area contributed by atoms with E-state index in [2.05, 4.69) is 37.8 Å². The zero-order valence-electron chi connectivity index (χ0n) is 15.1. The minimum absolute atomic E-state index is 0.0994. The molecule has 1 amide bonds. The zero-order chi connectivity index (χ0) is 18.0. The van der Waals surface area contributed by atoms with Crippen molar-refractivity contribution < 1.29 is 4.79 Å². The average molecular weight is 357 g/mol. The van der Waals surface area contributed by atoms with E-state index in [0.29, 0.717) is 13.1 Å². The van der Waals surface area contributed by atoms with Gasteiger partial charge in [0.15, 0.2) is 0 Å². The fourth-order valence-electron chi connectivity index (χ4n) is 3.15. The standard InChI is InChI=1S/C21H25ClN2O/c1-21(2,3)17-10-8-16(9-11-17)20(25)24-14-12-23(13-15-24)19-7-5-4-6-18(19)22/h4-11H,12-15H2,1-3H3. The molecule has 25 heavy (non-hydrogen) atoms. The van der Waals surface area contributed by atoms with E-state index in [9.17, 15) is 4.79 Å². The Balaban J connectivity index is 1.65. The molecule has 0 unspecified atom stereocenters. The maximum Gasteiger partial charge on any atom is 0.253 e. The Morgan fingerprint density at radius 1 is 0.920 bits per heavy atom. The van der Waals surface area contributed by atoms with Crippen molar-refractivity contribution in [3.8, 4) is 0 Å². The smallest absolute Gasteiger partial charge is 0.253 e. The van der Waals surface area contributed by atoms with Crippen LogP contribution in [0, 0.1) is 0 Å². The molecule has 0 aliphatic carbocycles. The third kappa shape index (κ3) is 3.98. The van der Waals surface area contributed by atoms with Gasteiger partial charge in [-0.25, -0.2) is 0 Å². The van der Waals surface area contributed by atoms with E-state index in [1.54, 1.807) is 0 Å². The third-order valence-electron chi connectivity index (χ3n) is 4.76. The maximum absolute atomic E-state index is 12.8. The Morgan fingerprint density at radius 2 is 1.52 bits per heavy atom. The molecule has 1 fully saturated rings. The van der Waals surface area contributed by atoms with Crippen LogP contribution in [-0.4, -0.2) is 37.0 Å². The molecule has 132 valence electrons. The highest BCUT2D eigenvalue weighted by atomic mass is 35.5. The molecule has 1 aliphatic heterocycles. The Labute approximate surface area is 155 Å². The maximum atomic E-state index is 12.8. The Kier molecular flexibility index (Phi) is 5.05. The van der Waals surface area contributed by atoms with Crippen LogP contribution in [0.5, 0.6) is 0 Å². The minimum atomic E-state index is 0.0994. The Morgan fingerprint density at radius 3 is 2.08 bits per heavy atom. The molecular formula is C21H25ClN2O. The lowest BCUT2D eigenvalue weighted by molar-refractivity contribution is 0.0746. The molecule has 0 atom stereocenters. The van der Waals surface area contributed by atoms with Gasteiger partial charge in [0.05, 0.1) is 10.7 Å². The molecule has 3 rings (SSSR count). The molecule has 4 heteroatoms. The summed E-state index contributed by atoms with van der Waals surface area (Å²) in [5.74, 6) is 0.110. The molecule has 1 aliphatic rings. The number of para-hydroxylation sites is 1. The highest BCUT2D eigenvalue weighted by Crippen LogP contribution is 2.26. The van der Waals surface area contributed by atoms with Crippen LogP contribution < -0.4 is 4.90 Å². The molecular weight excluding hydrogens is 332 g/mol. The molecule has 0 spiro atoms. The SMILES string of the molecule is CC(C)(C)c1ccc(C(=O)N2CCN(c3ccccc3Cl)CC2)cc1. The number of carbonyl (C=O) groups excluding carboxylic acids is 1. The summed E-state index contributed by atoms with van der Waals surface area (Å²) in [5.41, 5.74) is 3.15. The first kappa shape index (κ1) is 17.8. The van der Waals surface area contributed by atoms with E-state index in [0.717, 1.165) is 29.4 Å². The van der Waals surface area contributed by atoms with Gasteiger partial charge in [-0.15, -0.1) is 0 Å². The van der Waals surface area contributed by atoms with Crippen molar-refractivity contribution in [2.75, 3.05) is 31.1 Å². The normalized spacial score (nSPS) is 15.4. The number of carbonyl (C=O) groups is 1. The van der Waals surface area contributed by atoms with Gasteiger partial charge in [0.25, 0.3) is 5.91 Å². The Bertz CT molecular complexity index is 741. The van der Waals surface area contributed by atoms with Crippen LogP contribution in [0.25, 0.3) is 0 Å². The lowest BCUT2D eigenvalue weighted by Crippen LogP contribution is -2.48. The molecule has 0 bridgehead atoms. The van der Waals surface area contributed by atoms with Crippen LogP contribution in [0.4, 0.5) is 5.69 Å². The van der Waals surface area contributed by atoms with Crippen LogP contribution in [0.3, 0.4) is 0 Å². The summed E-state index contributed by atoms with van der Waals surface area (Å²) in [6.07, 6.45) is 0. The molecule has 0 radical (unpaired) electrons. The number of rotatable bonds is 2. The summed E-state index contributed by atoms with van der Waals surface area (Å²) in [6, 6.07) is 15.9. The quantitative estimate of drug-likeness (QED) is 0.785. The van der Waals surface area contributed by atoms with Crippen molar-refractivity contribution in [3.05, 3.63) is 64.7 Å². The van der Waals surface area contributed by atoms with Crippen molar-refractivity contribution in [3.63, 3.8) is 0 Å². The van der Waals surface area contributed by atoms with E-state index in [1.165, 1.54) is 5.56 Å². The number of halogens is 1. The molecule has 3 nitrogen and oxygen atoms in total. The second kappa shape index (κ2) is 7.09. The summed E-state index contributed by atoms with van der Waals surface area (Å²) < 4.78 is 0. The van der Waals surface area contributed by atoms with Gasteiger partial charge in [0, 0.05) is 31.7 Å². The number of hydrogen-bond donors (Lipinski definition) is 0. The predicted molar refractivity (Wildman–Crippen MR) is 105 cm³/mol. The van der Waals surface area contributed by atoms with Gasteiger partial charge in [-0.05, 0) is 35.2 Å². The summed E-state index contributed by atoms with van der Waals surface area (Å²) in [7, 11) is 0. The van der Waals surface area contributed by atoms with E-state index >= 15 is 0 Å². The number of anilines is 1. The summed E-state index contributed by atoms with van der Waals surface area (Å²) >= 11 is 6.28. The lowest BCUT2D eigenvalue weighted by Gasteiger charge is -2.36. The first-order chi connectivity index (χ1) is 11.9. The van der Waals surface area contributed by atoms with Gasteiger partial charge in [-0.1, -0.05) is 56.6 Å². The minimum Gasteiger partial charge on any atom is -0.367 e. The highest BCUT2D eigenvalue weighted by molar-refractivity contribution is 6.33. The molecule has 1 saturated heterocycles. The van der Waals surface area contributed by atoms with Gasteiger partial charge in [-0.3, -0.25) is 4.79 Å². The predicted octanol–water partition coefficient (Wildman–Crippen LogP) is 4.60. The van der Waals surface area contributed by atoms with Crippen molar-refractivity contribution in [1.29, 1.82) is 0 Å². The average Bonchev–Trinajstić information content (AvgIpc) is 2.61. The van der Waals surface area contributed by atoms with Crippen molar-refractivity contribution in [2.45, 2.75) is 26.2 Å². The van der Waals surface area contributed by atoms with Gasteiger partial charge in [0.1, 0.15) is 0 Å². The van der Waals surface area contributed by atoms with Crippen LogP contribution in [0.2, 0.25) is 5.02 Å². The largest absolute Gasteiger partial charge is 0.367 e. The fourth-order valence-corrected chi connectivity index (χ4v) is 3.41. The monoisotopic (exact) mass is 356 g/mol. The van der Waals surface area contributed by atoms with Crippen molar-refractivity contribution in [2.24, 2.45) is 0 Å². The van der Waals surface area contributed by atoms with Crippen LogP contribution >= 0.6 is 11.6 Å². The number of hydrogen-bond acceptors (Lipinski definition) is 2. The molecule has 2 aromatic rings. The zero-order valence-corrected chi connectivity index (χ0v) is 15.9. The van der Waals surface area contributed by atoms with Gasteiger partial charge in [0.2, 0.25) is 0 Å². The van der Waals surface area contributed by atoms with Crippen LogP contribution in [-0.2, 0) is 5.41 Å². The molecule has 0 aromatic heterocycles. The third-order valence-corrected chi connectivity index (χ3v) is 5.08. The number of benzene rings is 2. The lowest BCUT2D eigenvalue weighted by atomic mass is 9.86. The summed E-state index contributed by atoms with van der Waals surface area (Å²) in [5, 5.41) is 0.764. The second-order valence-corrected chi connectivity index (χ2v) is 7.97. The van der Waals surface area contributed by atoms with E-state index in [1.807, 2.05) is 41.3 Å². The first-order valence-corrected chi connectivity index (χ1v) is 9.13. The summed E-state index contributed by atoms with van der Waals surface area (Å²) in [6.45, 7) is 9.56. The van der Waals surface area contributed by atoms with Crippen molar-refractivity contribution >= 4 is 23.2 Å². The van der Waals surface area contributed by atoms with Crippen LogP contribution in [0.15, 0.2) is 48.5 Å². The number of piperazine rings is 1. The molecule has 2 aromatic carbocycles. The first-order valence-electron chi connectivity index (χ1n) is 8.75. The number of amides is 1. The van der Waals surface area contributed by atoms with Crippen molar-refractivity contribution in [1.82, 2.24) is 4.90 Å². The van der Waals surface area contributed by atoms with Gasteiger partial charge >= 0.3 is 0 Å². The second-order valence-electron chi connectivity index (χ2n) is 7.56. The Hall–Kier alpha value is -2.00. The van der Waals surface area contributed by atoms with Crippen LogP contribution in [0.1, 0.15) is 36.7 Å². The molecule has 0 N–H and O–H groups in total. The summed E-state index contributed by atoms with van der Waals surface area (Å²) in [4.78, 5) is 16.9. The van der Waals surface area contributed by atoms with Gasteiger partial charge in [-0.2, -0.15) is 0 Å². The fraction of sp³-hybridized carbons (Fsp3) is 0.381. The number of nitrogens with zero attached hydrogens (tertiary/aromatic N) is 2. The topological polar surface area (TPSA) is 23.6 Å². The van der Waals surface area contributed by atoms with Gasteiger partial charge < -0.3 is 9.80 Å².